The van der Waals surface area contributed by atoms with Gasteiger partial charge in [-0.15, -0.1) is 0 Å². The van der Waals surface area contributed by atoms with Crippen LogP contribution in [0.15, 0.2) is 11.1 Å². The standard InChI is InChI=1S/C11H22O/c1-6-11(5,12)8-7-10(4)9(2)3/h12H,6-8H2,1-5H3/t11-/m0/s1. The van der Waals surface area contributed by atoms with Crippen LogP contribution in [0.1, 0.15) is 53.9 Å². The van der Waals surface area contributed by atoms with Gasteiger partial charge < -0.3 is 5.11 Å². The molecule has 0 aromatic carbocycles. The fourth-order valence-electron chi connectivity index (χ4n) is 0.884. The molecular formula is C11H22O. The molecular weight excluding hydrogens is 148 g/mol. The van der Waals surface area contributed by atoms with Crippen molar-refractivity contribution < 1.29 is 5.11 Å². The molecule has 0 aromatic heterocycles. The zero-order valence-electron chi connectivity index (χ0n) is 9.07. The van der Waals surface area contributed by atoms with Crippen molar-refractivity contribution in [2.45, 2.75) is 59.5 Å². The third kappa shape index (κ3) is 4.55. The zero-order chi connectivity index (χ0) is 9.78. The van der Waals surface area contributed by atoms with Crippen LogP contribution in [0.5, 0.6) is 0 Å². The van der Waals surface area contributed by atoms with E-state index in [9.17, 15) is 5.11 Å². The summed E-state index contributed by atoms with van der Waals surface area (Å²) in [7, 11) is 0. The summed E-state index contributed by atoms with van der Waals surface area (Å²) in [6, 6.07) is 0. The molecule has 1 N–H and O–H groups in total. The highest BCUT2D eigenvalue weighted by Crippen LogP contribution is 2.20. The van der Waals surface area contributed by atoms with Crippen LogP contribution in [0.2, 0.25) is 0 Å². The Bertz CT molecular complexity index is 162. The third-order valence-electron chi connectivity index (χ3n) is 2.65. The minimum Gasteiger partial charge on any atom is -0.390 e. The number of hydrogen-bond acceptors (Lipinski definition) is 1. The highest BCUT2D eigenvalue weighted by molar-refractivity contribution is 5.06. The quantitative estimate of drug-likeness (QED) is 0.642. The Balaban J connectivity index is 3.92. The summed E-state index contributed by atoms with van der Waals surface area (Å²) in [5, 5.41) is 9.73. The Kier molecular flexibility index (Phi) is 4.54. The van der Waals surface area contributed by atoms with Gasteiger partial charge in [0.05, 0.1) is 5.60 Å². The first-order valence-electron chi connectivity index (χ1n) is 4.74. The molecule has 0 aromatic rings. The molecule has 12 heavy (non-hydrogen) atoms. The molecule has 0 aliphatic heterocycles. The maximum Gasteiger partial charge on any atom is 0.0620 e. The van der Waals surface area contributed by atoms with Crippen LogP contribution in [-0.2, 0) is 0 Å². The van der Waals surface area contributed by atoms with E-state index in [0.717, 1.165) is 19.3 Å². The first-order chi connectivity index (χ1) is 5.39. The molecule has 0 spiro atoms. The summed E-state index contributed by atoms with van der Waals surface area (Å²) in [4.78, 5) is 0. The number of hydrogen-bond donors (Lipinski definition) is 1. The summed E-state index contributed by atoms with van der Waals surface area (Å²) in [5.74, 6) is 0. The Morgan fingerprint density at radius 3 is 2.08 bits per heavy atom. The molecule has 1 heteroatoms. The van der Waals surface area contributed by atoms with Crippen molar-refractivity contribution in [3.05, 3.63) is 11.1 Å². The molecule has 0 rings (SSSR count). The molecule has 0 bridgehead atoms. The maximum atomic E-state index is 9.73. The lowest BCUT2D eigenvalue weighted by molar-refractivity contribution is 0.0473. The number of allylic oxidation sites excluding steroid dienone is 2. The number of rotatable bonds is 4. The fraction of sp³-hybridized carbons (Fsp3) is 0.818. The lowest BCUT2D eigenvalue weighted by atomic mass is 9.94. The summed E-state index contributed by atoms with van der Waals surface area (Å²) >= 11 is 0. The van der Waals surface area contributed by atoms with Crippen molar-refractivity contribution in [2.24, 2.45) is 0 Å². The van der Waals surface area contributed by atoms with Gasteiger partial charge in [0.1, 0.15) is 0 Å². The third-order valence-corrected chi connectivity index (χ3v) is 2.65. The molecule has 1 nitrogen and oxygen atoms in total. The highest BCUT2D eigenvalue weighted by Gasteiger charge is 2.16. The average molecular weight is 170 g/mol. The van der Waals surface area contributed by atoms with E-state index in [4.69, 9.17) is 0 Å². The summed E-state index contributed by atoms with van der Waals surface area (Å²) in [5.41, 5.74) is 2.31. The largest absolute Gasteiger partial charge is 0.390 e. The molecule has 1 atom stereocenters. The van der Waals surface area contributed by atoms with E-state index in [1.165, 1.54) is 11.1 Å². The lowest BCUT2D eigenvalue weighted by Crippen LogP contribution is -2.22. The highest BCUT2D eigenvalue weighted by atomic mass is 16.3. The molecule has 0 amide bonds. The van der Waals surface area contributed by atoms with Gasteiger partial charge in [0.15, 0.2) is 0 Å². The second kappa shape index (κ2) is 4.66. The van der Waals surface area contributed by atoms with Crippen LogP contribution in [0.25, 0.3) is 0 Å². The smallest absolute Gasteiger partial charge is 0.0620 e. The fourth-order valence-corrected chi connectivity index (χ4v) is 0.884. The topological polar surface area (TPSA) is 20.2 Å². The molecule has 72 valence electrons. The SMILES string of the molecule is CC[C@](C)(O)CCC(C)=C(C)C. The van der Waals surface area contributed by atoms with Gasteiger partial charge >= 0.3 is 0 Å². The van der Waals surface area contributed by atoms with E-state index in [1.54, 1.807) is 0 Å². The van der Waals surface area contributed by atoms with Crippen LogP contribution in [0.3, 0.4) is 0 Å². The van der Waals surface area contributed by atoms with Crippen molar-refractivity contribution in [2.75, 3.05) is 0 Å². The molecule has 0 aliphatic carbocycles. The van der Waals surface area contributed by atoms with Crippen molar-refractivity contribution in [1.82, 2.24) is 0 Å². The number of aliphatic hydroxyl groups is 1. The van der Waals surface area contributed by atoms with Crippen molar-refractivity contribution in [3.63, 3.8) is 0 Å². The molecule has 0 radical (unpaired) electrons. The summed E-state index contributed by atoms with van der Waals surface area (Å²) in [6.45, 7) is 10.3. The minimum absolute atomic E-state index is 0.475. The summed E-state index contributed by atoms with van der Waals surface area (Å²) < 4.78 is 0. The van der Waals surface area contributed by atoms with Gasteiger partial charge in [-0.05, 0) is 47.0 Å². The van der Waals surface area contributed by atoms with E-state index in [2.05, 4.69) is 20.8 Å². The Morgan fingerprint density at radius 1 is 1.25 bits per heavy atom. The molecule has 0 saturated carbocycles. The first-order valence-corrected chi connectivity index (χ1v) is 4.74. The average Bonchev–Trinajstić information content (AvgIpc) is 2.00. The van der Waals surface area contributed by atoms with Gasteiger partial charge in [0, 0.05) is 0 Å². The second-order valence-electron chi connectivity index (χ2n) is 4.13. The van der Waals surface area contributed by atoms with E-state index in [1.807, 2.05) is 13.8 Å². The summed E-state index contributed by atoms with van der Waals surface area (Å²) in [6.07, 6.45) is 2.73. The van der Waals surface area contributed by atoms with Gasteiger partial charge in [-0.1, -0.05) is 18.1 Å². The van der Waals surface area contributed by atoms with Crippen molar-refractivity contribution >= 4 is 0 Å². The van der Waals surface area contributed by atoms with Gasteiger partial charge in [-0.3, -0.25) is 0 Å². The van der Waals surface area contributed by atoms with Crippen LogP contribution in [0.4, 0.5) is 0 Å². The molecule has 0 aliphatic rings. The lowest BCUT2D eigenvalue weighted by Gasteiger charge is -2.21. The van der Waals surface area contributed by atoms with E-state index >= 15 is 0 Å². The minimum atomic E-state index is -0.475. The van der Waals surface area contributed by atoms with E-state index < -0.39 is 5.60 Å². The molecule has 0 fully saturated rings. The molecule has 0 unspecified atom stereocenters. The second-order valence-corrected chi connectivity index (χ2v) is 4.13. The monoisotopic (exact) mass is 170 g/mol. The van der Waals surface area contributed by atoms with E-state index in [0.29, 0.717) is 0 Å². The van der Waals surface area contributed by atoms with Crippen LogP contribution in [-0.4, -0.2) is 10.7 Å². The van der Waals surface area contributed by atoms with Crippen LogP contribution < -0.4 is 0 Å². The predicted octanol–water partition coefficient (Wildman–Crippen LogP) is 3.28. The Hall–Kier alpha value is -0.300. The van der Waals surface area contributed by atoms with Gasteiger partial charge in [0.25, 0.3) is 0 Å². The van der Waals surface area contributed by atoms with Crippen molar-refractivity contribution in [3.8, 4) is 0 Å². The van der Waals surface area contributed by atoms with Crippen LogP contribution in [0, 0.1) is 0 Å². The maximum absolute atomic E-state index is 9.73. The first kappa shape index (κ1) is 11.7. The van der Waals surface area contributed by atoms with Crippen LogP contribution >= 0.6 is 0 Å². The zero-order valence-corrected chi connectivity index (χ0v) is 9.07. The van der Waals surface area contributed by atoms with E-state index in [-0.39, 0.29) is 0 Å². The van der Waals surface area contributed by atoms with Crippen molar-refractivity contribution in [1.29, 1.82) is 0 Å². The van der Waals surface area contributed by atoms with Gasteiger partial charge in [0.2, 0.25) is 0 Å². The Labute approximate surface area is 76.5 Å². The predicted molar refractivity (Wildman–Crippen MR) is 54.2 cm³/mol. The molecule has 0 heterocycles. The van der Waals surface area contributed by atoms with Gasteiger partial charge in [-0.2, -0.15) is 0 Å². The Morgan fingerprint density at radius 2 is 1.75 bits per heavy atom. The van der Waals surface area contributed by atoms with Gasteiger partial charge in [-0.25, -0.2) is 0 Å². The molecule has 0 saturated heterocycles. The normalized spacial score (nSPS) is 15.5.